The predicted molar refractivity (Wildman–Crippen MR) is 105 cm³/mol. The van der Waals surface area contributed by atoms with Gasteiger partial charge in [-0.2, -0.15) is 0 Å². The zero-order chi connectivity index (χ0) is 19.9. The third kappa shape index (κ3) is 11.3. The molecule has 5 nitrogen and oxygen atoms in total. The summed E-state index contributed by atoms with van der Waals surface area (Å²) in [5.74, 6) is 6.42. The van der Waals surface area contributed by atoms with Gasteiger partial charge >= 0.3 is 5.97 Å². The van der Waals surface area contributed by atoms with Gasteiger partial charge in [0.25, 0.3) is 0 Å². The van der Waals surface area contributed by atoms with Gasteiger partial charge in [-0.3, -0.25) is 4.79 Å². The smallest absolute Gasteiger partial charge is 0.305 e. The maximum absolute atomic E-state index is 11.0. The number of unbranched alkanes of at least 4 members (excludes halogenated alkanes) is 3. The Kier molecular flexibility index (Phi) is 12.0. The molecule has 0 aliphatic carbocycles. The normalized spacial score (nSPS) is 13.2. The van der Waals surface area contributed by atoms with Crippen LogP contribution in [0.1, 0.15) is 69.8 Å². The summed E-state index contributed by atoms with van der Waals surface area (Å²) in [5, 5.41) is 19.9. The van der Waals surface area contributed by atoms with Gasteiger partial charge in [0.05, 0.1) is 13.2 Å². The minimum absolute atomic E-state index is 0.271. The summed E-state index contributed by atoms with van der Waals surface area (Å²) in [6.45, 7) is 2.18. The molecule has 5 heteroatoms. The van der Waals surface area contributed by atoms with Crippen LogP contribution >= 0.6 is 0 Å². The highest BCUT2D eigenvalue weighted by Crippen LogP contribution is 2.13. The second kappa shape index (κ2) is 14.1. The van der Waals surface area contributed by atoms with Crippen molar-refractivity contribution in [2.24, 2.45) is 0 Å². The van der Waals surface area contributed by atoms with E-state index in [0.29, 0.717) is 43.6 Å². The van der Waals surface area contributed by atoms with Crippen molar-refractivity contribution in [3.8, 4) is 11.8 Å². The minimum Gasteiger partial charge on any atom is -0.469 e. The number of aliphatic hydroxyl groups excluding tert-OH is 2. The molecule has 0 fully saturated rings. The van der Waals surface area contributed by atoms with Crippen LogP contribution in [-0.4, -0.2) is 35.5 Å². The zero-order valence-electron chi connectivity index (χ0n) is 16.4. The van der Waals surface area contributed by atoms with Crippen LogP contribution in [0.2, 0.25) is 0 Å². The summed E-state index contributed by atoms with van der Waals surface area (Å²) in [5.41, 5.74) is 0. The Balaban J connectivity index is 2.33. The molecule has 0 aromatic carbocycles. The van der Waals surface area contributed by atoms with Gasteiger partial charge < -0.3 is 19.4 Å². The number of allylic oxidation sites excluding steroid dienone is 1. The average molecular weight is 376 g/mol. The van der Waals surface area contributed by atoms with E-state index in [2.05, 4.69) is 29.6 Å². The van der Waals surface area contributed by atoms with Gasteiger partial charge in [0, 0.05) is 19.3 Å². The number of aliphatic hydroxyl groups is 2. The molecule has 2 atom stereocenters. The molecule has 27 heavy (non-hydrogen) atoms. The Morgan fingerprint density at radius 3 is 2.81 bits per heavy atom. The number of furan rings is 1. The fourth-order valence-corrected chi connectivity index (χ4v) is 2.54. The number of methoxy groups -OCH3 is 1. The van der Waals surface area contributed by atoms with E-state index in [0.717, 1.165) is 6.42 Å². The molecule has 0 saturated heterocycles. The van der Waals surface area contributed by atoms with Crippen molar-refractivity contribution in [3.05, 3.63) is 35.8 Å². The summed E-state index contributed by atoms with van der Waals surface area (Å²) in [4.78, 5) is 11.0. The van der Waals surface area contributed by atoms with E-state index in [1.807, 2.05) is 6.08 Å². The second-order valence-electron chi connectivity index (χ2n) is 6.58. The number of hydrogen-bond acceptors (Lipinski definition) is 5. The van der Waals surface area contributed by atoms with Crippen molar-refractivity contribution in [2.75, 3.05) is 7.11 Å². The molecule has 0 bridgehead atoms. The van der Waals surface area contributed by atoms with E-state index < -0.39 is 12.2 Å². The highest BCUT2D eigenvalue weighted by Gasteiger charge is 2.10. The summed E-state index contributed by atoms with van der Waals surface area (Å²) < 4.78 is 10.1. The van der Waals surface area contributed by atoms with E-state index in [4.69, 9.17) is 4.42 Å². The summed E-state index contributed by atoms with van der Waals surface area (Å²) in [6, 6.07) is 3.50. The molecule has 1 aromatic heterocycles. The zero-order valence-corrected chi connectivity index (χ0v) is 16.4. The van der Waals surface area contributed by atoms with Gasteiger partial charge in [0.2, 0.25) is 0 Å². The largest absolute Gasteiger partial charge is 0.469 e. The lowest BCUT2D eigenvalue weighted by atomic mass is 10.1. The standard InChI is InChI=1S/C22H32O5/c1-3-4-5-6-7-8-10-18(23)13-14-20-15-16-21(27-20)17-19(24)11-9-12-22(25)26-2/h7-8,15-16,18-19,23-24H,3-6,9-12,17H2,1-2H3. The Morgan fingerprint density at radius 1 is 1.26 bits per heavy atom. The maximum atomic E-state index is 11.0. The summed E-state index contributed by atoms with van der Waals surface area (Å²) >= 11 is 0. The Labute approximate surface area is 162 Å². The molecule has 2 unspecified atom stereocenters. The Bertz CT molecular complexity index is 620. The predicted octanol–water partition coefficient (Wildman–Crippen LogP) is 3.77. The molecule has 1 rings (SSSR count). The molecule has 1 heterocycles. The minimum atomic E-state index is -0.718. The fourth-order valence-electron chi connectivity index (χ4n) is 2.54. The van der Waals surface area contributed by atoms with Gasteiger partial charge in [-0.05, 0) is 43.7 Å². The van der Waals surface area contributed by atoms with Crippen molar-refractivity contribution in [1.29, 1.82) is 0 Å². The summed E-state index contributed by atoms with van der Waals surface area (Å²) in [6.07, 6.45) is 9.65. The van der Waals surface area contributed by atoms with E-state index in [9.17, 15) is 15.0 Å². The molecule has 150 valence electrons. The summed E-state index contributed by atoms with van der Waals surface area (Å²) in [7, 11) is 1.35. The van der Waals surface area contributed by atoms with Crippen molar-refractivity contribution in [2.45, 2.75) is 76.9 Å². The molecule has 0 aliphatic heterocycles. The van der Waals surface area contributed by atoms with Gasteiger partial charge in [-0.1, -0.05) is 37.8 Å². The van der Waals surface area contributed by atoms with Crippen LogP contribution in [0.5, 0.6) is 0 Å². The molecular formula is C22H32O5. The first-order valence-corrected chi connectivity index (χ1v) is 9.73. The number of esters is 1. The molecule has 1 aromatic rings. The fraction of sp³-hybridized carbons (Fsp3) is 0.591. The van der Waals surface area contributed by atoms with Crippen LogP contribution in [0, 0.1) is 11.8 Å². The van der Waals surface area contributed by atoms with Gasteiger partial charge in [0.15, 0.2) is 5.76 Å². The molecule has 0 amide bonds. The first kappa shape index (κ1) is 23.0. The van der Waals surface area contributed by atoms with E-state index in [1.54, 1.807) is 12.1 Å². The topological polar surface area (TPSA) is 79.9 Å². The van der Waals surface area contributed by atoms with Crippen molar-refractivity contribution >= 4 is 5.97 Å². The molecule has 2 N–H and O–H groups in total. The SMILES string of the molecule is CCCCCC=CCC(O)C#Cc1ccc(CC(O)CCCC(=O)OC)o1. The number of carbonyl (C=O) groups excluding carboxylic acids is 1. The van der Waals surface area contributed by atoms with Crippen molar-refractivity contribution in [1.82, 2.24) is 0 Å². The Hall–Kier alpha value is -2.03. The lowest BCUT2D eigenvalue weighted by Crippen LogP contribution is -2.11. The average Bonchev–Trinajstić information content (AvgIpc) is 3.10. The van der Waals surface area contributed by atoms with Crippen molar-refractivity contribution in [3.63, 3.8) is 0 Å². The third-order valence-corrected chi connectivity index (χ3v) is 4.11. The highest BCUT2D eigenvalue weighted by molar-refractivity contribution is 5.68. The number of ether oxygens (including phenoxy) is 1. The van der Waals surface area contributed by atoms with E-state index >= 15 is 0 Å². The number of hydrogen-bond donors (Lipinski definition) is 2. The highest BCUT2D eigenvalue weighted by atomic mass is 16.5. The van der Waals surface area contributed by atoms with Crippen LogP contribution in [0.15, 0.2) is 28.7 Å². The monoisotopic (exact) mass is 376 g/mol. The molecule has 0 saturated carbocycles. The lowest BCUT2D eigenvalue weighted by molar-refractivity contribution is -0.140. The second-order valence-corrected chi connectivity index (χ2v) is 6.58. The van der Waals surface area contributed by atoms with Crippen LogP contribution in [-0.2, 0) is 16.0 Å². The first-order valence-electron chi connectivity index (χ1n) is 9.73. The number of rotatable bonds is 12. The van der Waals surface area contributed by atoms with Crippen LogP contribution in [0.3, 0.4) is 0 Å². The van der Waals surface area contributed by atoms with Crippen LogP contribution in [0.4, 0.5) is 0 Å². The van der Waals surface area contributed by atoms with E-state index in [-0.39, 0.29) is 5.97 Å². The third-order valence-electron chi connectivity index (χ3n) is 4.11. The van der Waals surface area contributed by atoms with Crippen LogP contribution in [0.25, 0.3) is 0 Å². The molecule has 0 aliphatic rings. The van der Waals surface area contributed by atoms with Gasteiger partial charge in [-0.15, -0.1) is 0 Å². The van der Waals surface area contributed by atoms with Gasteiger partial charge in [0.1, 0.15) is 11.9 Å². The molecular weight excluding hydrogens is 344 g/mol. The van der Waals surface area contributed by atoms with Crippen molar-refractivity contribution < 1.29 is 24.2 Å². The first-order chi connectivity index (χ1) is 13.0. The van der Waals surface area contributed by atoms with E-state index in [1.165, 1.54) is 26.4 Å². The Morgan fingerprint density at radius 2 is 2.07 bits per heavy atom. The van der Waals surface area contributed by atoms with Gasteiger partial charge in [-0.25, -0.2) is 0 Å². The quantitative estimate of drug-likeness (QED) is 0.251. The van der Waals surface area contributed by atoms with Crippen LogP contribution < -0.4 is 0 Å². The number of carbonyl (C=O) groups is 1. The maximum Gasteiger partial charge on any atom is 0.305 e. The lowest BCUT2D eigenvalue weighted by Gasteiger charge is -2.07. The molecule has 0 radical (unpaired) electrons. The molecule has 0 spiro atoms.